The Morgan fingerprint density at radius 3 is 2.12 bits per heavy atom. The molecule has 1 fully saturated rings. The zero-order valence-electron chi connectivity index (χ0n) is 30.0. The summed E-state index contributed by atoms with van der Waals surface area (Å²) < 4.78 is 50.8. The predicted molar refractivity (Wildman–Crippen MR) is 206 cm³/mol. The molecular formula is C33H32Br2F2N14O7. The molecule has 1 aliphatic rings. The molecule has 21 nitrogen and oxygen atoms in total. The van der Waals surface area contributed by atoms with Crippen LogP contribution in [0.4, 0.5) is 20.4 Å². The second-order valence-corrected chi connectivity index (χ2v) is 14.7. The first-order valence-electron chi connectivity index (χ1n) is 17.6. The fourth-order valence-electron chi connectivity index (χ4n) is 6.28. The Balaban J connectivity index is 0.920. The average Bonchev–Trinajstić information content (AvgIpc) is 3.99. The van der Waals surface area contributed by atoms with Crippen molar-refractivity contribution in [1.29, 1.82) is 0 Å². The molecule has 58 heavy (non-hydrogen) atoms. The summed E-state index contributed by atoms with van der Waals surface area (Å²) in [4.78, 5) is 42.5. The summed E-state index contributed by atoms with van der Waals surface area (Å²) in [5, 5.41) is 31.7. The number of halogens is 4. The molecule has 7 rings (SSSR count). The highest BCUT2D eigenvalue weighted by molar-refractivity contribution is 9.10. The van der Waals surface area contributed by atoms with Crippen LogP contribution in [0.3, 0.4) is 0 Å². The third-order valence-electron chi connectivity index (χ3n) is 9.08. The molecule has 0 radical (unpaired) electrons. The lowest BCUT2D eigenvalue weighted by Crippen LogP contribution is -2.39. The van der Waals surface area contributed by atoms with Crippen LogP contribution in [0.15, 0.2) is 72.2 Å². The lowest BCUT2D eigenvalue weighted by molar-refractivity contribution is -0.121. The van der Waals surface area contributed by atoms with E-state index in [4.69, 9.17) is 29.8 Å². The number of amides is 1. The zero-order valence-corrected chi connectivity index (χ0v) is 33.1. The van der Waals surface area contributed by atoms with E-state index in [0.717, 1.165) is 4.57 Å². The number of rotatable bonds is 16. The molecule has 1 saturated carbocycles. The van der Waals surface area contributed by atoms with Crippen LogP contribution in [0.1, 0.15) is 43.6 Å². The molecule has 1 amide bonds. The summed E-state index contributed by atoms with van der Waals surface area (Å²) in [6.45, 7) is 1.43. The maximum Gasteiger partial charge on any atom is 0.446 e. The van der Waals surface area contributed by atoms with Gasteiger partial charge in [-0.2, -0.15) is 0 Å². The third kappa shape index (κ3) is 8.59. The summed E-state index contributed by atoms with van der Waals surface area (Å²) in [6, 6.07) is 6.72. The Morgan fingerprint density at radius 2 is 1.47 bits per heavy atom. The number of aromatic nitrogens is 8. The molecule has 0 aliphatic heterocycles. The fourth-order valence-corrected chi connectivity index (χ4v) is 6.98. The van der Waals surface area contributed by atoms with Gasteiger partial charge >= 0.3 is 11.5 Å². The molecule has 7 N–H and O–H groups in total. The number of benzene rings is 2. The van der Waals surface area contributed by atoms with Crippen molar-refractivity contribution < 1.29 is 31.9 Å². The van der Waals surface area contributed by atoms with Crippen molar-refractivity contribution in [3.8, 4) is 34.4 Å². The summed E-state index contributed by atoms with van der Waals surface area (Å²) in [5.74, 6) is -3.05. The van der Waals surface area contributed by atoms with E-state index in [1.807, 2.05) is 0 Å². The van der Waals surface area contributed by atoms with Gasteiger partial charge in [-0.1, -0.05) is 10.3 Å². The van der Waals surface area contributed by atoms with E-state index < -0.39 is 23.1 Å². The molecule has 0 unspecified atom stereocenters. The van der Waals surface area contributed by atoms with Gasteiger partial charge in [0, 0.05) is 26.1 Å². The fraction of sp³-hybridized carbons (Fsp3) is 0.333. The van der Waals surface area contributed by atoms with Crippen LogP contribution in [0.25, 0.3) is 34.4 Å². The van der Waals surface area contributed by atoms with Crippen LogP contribution in [-0.4, -0.2) is 78.1 Å². The van der Waals surface area contributed by atoms with E-state index in [1.165, 1.54) is 34.9 Å². The topological polar surface area (TPSA) is 291 Å². The third-order valence-corrected chi connectivity index (χ3v) is 10.3. The van der Waals surface area contributed by atoms with Crippen molar-refractivity contribution in [2.45, 2.75) is 38.0 Å². The average molecular weight is 935 g/mol. The van der Waals surface area contributed by atoms with Crippen molar-refractivity contribution in [1.82, 2.24) is 45.4 Å². The van der Waals surface area contributed by atoms with Gasteiger partial charge in [0.1, 0.15) is 11.6 Å². The number of carbonyl (C=O) groups is 1. The summed E-state index contributed by atoms with van der Waals surface area (Å²) >= 11 is 6.31. The Bertz CT molecular complexity index is 2580. The van der Waals surface area contributed by atoms with Crippen LogP contribution in [0, 0.1) is 17.6 Å². The molecule has 1 aliphatic carbocycles. The second kappa shape index (κ2) is 17.6. The number of hydrogen-bond acceptors (Lipinski definition) is 17. The molecule has 4 heterocycles. The quantitative estimate of drug-likeness (QED) is 0.0528. The molecule has 6 aromatic rings. The molecule has 0 saturated heterocycles. The highest BCUT2D eigenvalue weighted by atomic mass is 79.9. The number of nitrogens with one attached hydrogen (secondary N) is 3. The van der Waals surface area contributed by atoms with Gasteiger partial charge in [0.2, 0.25) is 29.2 Å². The lowest BCUT2D eigenvalue weighted by atomic mass is 9.69. The lowest BCUT2D eigenvalue weighted by Gasteiger charge is -2.36. The van der Waals surface area contributed by atoms with Gasteiger partial charge in [-0.25, -0.2) is 36.8 Å². The maximum atomic E-state index is 14.9. The normalized spacial score (nSPS) is 15.4. The molecule has 25 heteroatoms. The molecule has 304 valence electrons. The van der Waals surface area contributed by atoms with Gasteiger partial charge in [0.05, 0.1) is 20.3 Å². The Hall–Kier alpha value is -6.08. The SMILES string of the molecule is NCCCNc1nonc1-c1noc(=O)n1-c1cc(Br)c(F)cc1C1CC(CC(=O)NC(N)=NCCCNc2nonc2-c2noc(=O)n2-c2ccc(F)c(Br)c2)C1. The van der Waals surface area contributed by atoms with Crippen LogP contribution in [0.5, 0.6) is 0 Å². The van der Waals surface area contributed by atoms with E-state index in [-0.39, 0.29) is 86.0 Å². The molecule has 0 spiro atoms. The molecule has 4 aromatic heterocycles. The van der Waals surface area contributed by atoms with Gasteiger partial charge in [-0.15, -0.1) is 0 Å². The van der Waals surface area contributed by atoms with Gasteiger partial charge in [0.15, 0.2) is 17.3 Å². The minimum atomic E-state index is -0.833. The second-order valence-electron chi connectivity index (χ2n) is 13.0. The smallest absolute Gasteiger partial charge is 0.370 e. The largest absolute Gasteiger partial charge is 0.446 e. The minimum Gasteiger partial charge on any atom is -0.370 e. The Morgan fingerprint density at radius 1 is 0.845 bits per heavy atom. The molecule has 0 bridgehead atoms. The minimum absolute atomic E-state index is 0.00252. The predicted octanol–water partition coefficient (Wildman–Crippen LogP) is 3.45. The highest BCUT2D eigenvalue weighted by Gasteiger charge is 2.35. The zero-order chi connectivity index (χ0) is 40.9. The standard InChI is InChI=1S/C33H32Br2F2N14O7/c34-19-12-17(3-4-21(19)36)50-29(48-55-32(50)53)25-27(46-57-44-25)41-7-2-8-42-31(39)43-24(52)11-15-9-16(10-15)18-13-22(37)20(35)14-23(18)51-30(49-56-33(51)54)26-28(47-58-45-26)40-6-1-5-38/h3-4,12-16H,1-2,5-11,38H2,(H,40,47)(H,41,46)(H3,39,42,43,52). The Labute approximate surface area is 340 Å². The van der Waals surface area contributed by atoms with Crippen LogP contribution in [-0.2, 0) is 4.79 Å². The van der Waals surface area contributed by atoms with E-state index in [2.05, 4.69) is 83.7 Å². The van der Waals surface area contributed by atoms with Gasteiger partial charge in [-0.05, 0) is 132 Å². The van der Waals surface area contributed by atoms with Crippen LogP contribution >= 0.6 is 31.9 Å². The molecule has 2 aromatic carbocycles. The van der Waals surface area contributed by atoms with E-state index in [1.54, 1.807) is 0 Å². The molecule has 0 atom stereocenters. The van der Waals surface area contributed by atoms with Gasteiger partial charge in [0.25, 0.3) is 0 Å². The number of nitrogens with two attached hydrogens (primary N) is 2. The number of guanidine groups is 1. The van der Waals surface area contributed by atoms with E-state index >= 15 is 0 Å². The van der Waals surface area contributed by atoms with Crippen molar-refractivity contribution in [3.05, 3.63) is 77.6 Å². The first kappa shape index (κ1) is 40.1. The van der Waals surface area contributed by atoms with E-state index in [0.29, 0.717) is 56.6 Å². The first-order valence-corrected chi connectivity index (χ1v) is 19.2. The number of aliphatic imine (C=N–C) groups is 1. The Kier molecular flexibility index (Phi) is 12.2. The summed E-state index contributed by atoms with van der Waals surface area (Å²) in [7, 11) is 0. The van der Waals surface area contributed by atoms with Gasteiger partial charge in [-0.3, -0.25) is 24.1 Å². The summed E-state index contributed by atoms with van der Waals surface area (Å²) in [5.41, 5.74) is 12.8. The number of hydrogen-bond donors (Lipinski definition) is 5. The number of nitrogens with zero attached hydrogens (tertiary/aromatic N) is 9. The van der Waals surface area contributed by atoms with E-state index in [9.17, 15) is 23.2 Å². The van der Waals surface area contributed by atoms with Crippen LogP contribution < -0.4 is 38.9 Å². The summed E-state index contributed by atoms with van der Waals surface area (Å²) in [6.07, 6.45) is 2.24. The first-order chi connectivity index (χ1) is 28.0. The number of carbonyl (C=O) groups excluding carboxylic acids is 1. The van der Waals surface area contributed by atoms with Crippen LogP contribution in [0.2, 0.25) is 0 Å². The van der Waals surface area contributed by atoms with Crippen molar-refractivity contribution in [2.75, 3.05) is 36.8 Å². The van der Waals surface area contributed by atoms with Crippen molar-refractivity contribution in [2.24, 2.45) is 22.4 Å². The van der Waals surface area contributed by atoms with Gasteiger partial charge < -0.3 is 22.1 Å². The van der Waals surface area contributed by atoms with Crippen molar-refractivity contribution in [3.63, 3.8) is 0 Å². The van der Waals surface area contributed by atoms with Crippen molar-refractivity contribution >= 4 is 55.4 Å². The maximum absolute atomic E-state index is 14.9. The number of anilines is 2. The monoisotopic (exact) mass is 932 g/mol. The highest BCUT2D eigenvalue weighted by Crippen LogP contribution is 2.46. The molecular weight excluding hydrogens is 902 g/mol.